The molecule has 0 saturated carbocycles. The normalized spacial score (nSPS) is 10.9. The fraction of sp³-hybridized carbons (Fsp3) is 0.125. The van der Waals surface area contributed by atoms with Crippen LogP contribution in [0.4, 0.5) is 0 Å². The molecule has 4 heteroatoms. The zero-order valence-electron chi connectivity index (χ0n) is 11.2. The highest BCUT2D eigenvalue weighted by Crippen LogP contribution is 2.31. The molecular formula is C16H13NO2S. The zero-order valence-corrected chi connectivity index (χ0v) is 12.0. The van der Waals surface area contributed by atoms with Gasteiger partial charge in [0.15, 0.2) is 0 Å². The highest BCUT2D eigenvalue weighted by molar-refractivity contribution is 7.13. The van der Waals surface area contributed by atoms with Gasteiger partial charge in [-0.2, -0.15) is 0 Å². The molecule has 1 N–H and O–H groups in total. The maximum atomic E-state index is 11.5. The van der Waals surface area contributed by atoms with Crippen LogP contribution in [0, 0.1) is 13.8 Å². The standard InChI is InChI=1S/C16H13NO2S/c1-9-4-3-5-11-12(16(18)19)8-13(17-14(9)11)15-10(2)6-7-20-15/h3-8H,1-2H3,(H,18,19). The number of carboxylic acids is 1. The summed E-state index contributed by atoms with van der Waals surface area (Å²) in [6.07, 6.45) is 0. The molecule has 0 atom stereocenters. The maximum Gasteiger partial charge on any atom is 0.336 e. The summed E-state index contributed by atoms with van der Waals surface area (Å²) in [5, 5.41) is 12.1. The topological polar surface area (TPSA) is 50.2 Å². The van der Waals surface area contributed by atoms with Crippen LogP contribution in [0.2, 0.25) is 0 Å². The van der Waals surface area contributed by atoms with Crippen molar-refractivity contribution in [3.8, 4) is 10.6 Å². The van der Waals surface area contributed by atoms with Crippen LogP contribution < -0.4 is 0 Å². The van der Waals surface area contributed by atoms with Crippen molar-refractivity contribution in [3.63, 3.8) is 0 Å². The van der Waals surface area contributed by atoms with Gasteiger partial charge in [-0.1, -0.05) is 18.2 Å². The fourth-order valence-electron chi connectivity index (χ4n) is 2.32. The lowest BCUT2D eigenvalue weighted by Crippen LogP contribution is -2.01. The van der Waals surface area contributed by atoms with Crippen molar-refractivity contribution in [2.45, 2.75) is 13.8 Å². The Labute approximate surface area is 120 Å². The van der Waals surface area contributed by atoms with Crippen molar-refractivity contribution in [2.24, 2.45) is 0 Å². The number of aromatic carboxylic acids is 1. The summed E-state index contributed by atoms with van der Waals surface area (Å²) < 4.78 is 0. The van der Waals surface area contributed by atoms with Crippen LogP contribution >= 0.6 is 11.3 Å². The predicted octanol–water partition coefficient (Wildman–Crippen LogP) is 4.28. The number of aromatic nitrogens is 1. The van der Waals surface area contributed by atoms with Crippen molar-refractivity contribution in [2.75, 3.05) is 0 Å². The van der Waals surface area contributed by atoms with E-state index in [9.17, 15) is 9.90 Å². The highest BCUT2D eigenvalue weighted by atomic mass is 32.1. The Morgan fingerprint density at radius 3 is 2.65 bits per heavy atom. The number of aryl methyl sites for hydroxylation is 2. The van der Waals surface area contributed by atoms with E-state index < -0.39 is 5.97 Å². The molecule has 0 aliphatic rings. The van der Waals surface area contributed by atoms with Crippen molar-refractivity contribution in [1.29, 1.82) is 0 Å². The molecule has 1 aromatic carbocycles. The number of carbonyl (C=O) groups is 1. The van der Waals surface area contributed by atoms with Crippen LogP contribution in [0.15, 0.2) is 35.7 Å². The minimum atomic E-state index is -0.918. The number of fused-ring (bicyclic) bond motifs is 1. The van der Waals surface area contributed by atoms with Gasteiger partial charge < -0.3 is 5.11 Å². The molecule has 0 aliphatic carbocycles. The van der Waals surface area contributed by atoms with E-state index >= 15 is 0 Å². The van der Waals surface area contributed by atoms with E-state index in [1.807, 2.05) is 43.5 Å². The van der Waals surface area contributed by atoms with Crippen LogP contribution in [0.3, 0.4) is 0 Å². The Hall–Kier alpha value is -2.20. The number of hydrogen-bond donors (Lipinski definition) is 1. The first kappa shape index (κ1) is 12.8. The lowest BCUT2D eigenvalue weighted by atomic mass is 10.0. The van der Waals surface area contributed by atoms with Crippen LogP contribution in [-0.2, 0) is 0 Å². The second-order valence-corrected chi connectivity index (χ2v) is 5.68. The number of carboxylic acid groups (broad SMARTS) is 1. The van der Waals surface area contributed by atoms with Gasteiger partial charge in [0.25, 0.3) is 0 Å². The first-order valence-corrected chi connectivity index (χ1v) is 7.14. The molecule has 0 aliphatic heterocycles. The van der Waals surface area contributed by atoms with E-state index in [4.69, 9.17) is 0 Å². The largest absolute Gasteiger partial charge is 0.478 e. The molecule has 0 fully saturated rings. The zero-order chi connectivity index (χ0) is 14.3. The Bertz CT molecular complexity index is 820. The van der Waals surface area contributed by atoms with Crippen molar-refractivity contribution >= 4 is 28.2 Å². The summed E-state index contributed by atoms with van der Waals surface area (Å²) in [7, 11) is 0. The van der Waals surface area contributed by atoms with Gasteiger partial charge in [0.05, 0.1) is 21.7 Å². The van der Waals surface area contributed by atoms with E-state index in [0.717, 1.165) is 27.2 Å². The molecule has 2 heterocycles. The lowest BCUT2D eigenvalue weighted by molar-refractivity contribution is 0.0699. The molecule has 2 aromatic heterocycles. The average molecular weight is 283 g/mol. The highest BCUT2D eigenvalue weighted by Gasteiger charge is 2.15. The summed E-state index contributed by atoms with van der Waals surface area (Å²) in [5.41, 5.74) is 3.90. The Morgan fingerprint density at radius 1 is 1.20 bits per heavy atom. The molecule has 0 saturated heterocycles. The molecular weight excluding hydrogens is 270 g/mol. The van der Waals surface area contributed by atoms with Gasteiger partial charge >= 0.3 is 5.97 Å². The Kier molecular flexibility index (Phi) is 3.03. The molecule has 0 spiro atoms. The number of hydrogen-bond acceptors (Lipinski definition) is 3. The van der Waals surface area contributed by atoms with Gasteiger partial charge in [0.1, 0.15) is 0 Å². The number of nitrogens with zero attached hydrogens (tertiary/aromatic N) is 1. The molecule has 20 heavy (non-hydrogen) atoms. The SMILES string of the molecule is Cc1ccsc1-c1cc(C(=O)O)c2cccc(C)c2n1. The summed E-state index contributed by atoms with van der Waals surface area (Å²) in [6, 6.07) is 9.31. The van der Waals surface area contributed by atoms with E-state index in [0.29, 0.717) is 10.9 Å². The summed E-state index contributed by atoms with van der Waals surface area (Å²) in [6.45, 7) is 3.96. The first-order chi connectivity index (χ1) is 9.58. The predicted molar refractivity (Wildman–Crippen MR) is 81.5 cm³/mol. The van der Waals surface area contributed by atoms with Crippen LogP contribution in [0.5, 0.6) is 0 Å². The van der Waals surface area contributed by atoms with E-state index in [-0.39, 0.29) is 0 Å². The monoisotopic (exact) mass is 283 g/mol. The Morgan fingerprint density at radius 2 is 2.00 bits per heavy atom. The fourth-order valence-corrected chi connectivity index (χ4v) is 3.21. The molecule has 0 radical (unpaired) electrons. The summed E-state index contributed by atoms with van der Waals surface area (Å²) in [5.74, 6) is -0.918. The Balaban J connectivity index is 2.39. The van der Waals surface area contributed by atoms with Gasteiger partial charge in [-0.3, -0.25) is 0 Å². The van der Waals surface area contributed by atoms with Gasteiger partial charge in [-0.25, -0.2) is 9.78 Å². The van der Waals surface area contributed by atoms with Gasteiger partial charge in [-0.05, 0) is 42.5 Å². The smallest absolute Gasteiger partial charge is 0.336 e. The van der Waals surface area contributed by atoms with Crippen molar-refractivity contribution in [1.82, 2.24) is 4.98 Å². The third-order valence-corrected chi connectivity index (χ3v) is 4.41. The van der Waals surface area contributed by atoms with Crippen LogP contribution in [0.25, 0.3) is 21.5 Å². The molecule has 0 bridgehead atoms. The van der Waals surface area contributed by atoms with Crippen molar-refractivity contribution in [3.05, 3.63) is 52.4 Å². The number of pyridine rings is 1. The minimum absolute atomic E-state index is 0.307. The number of thiophene rings is 1. The third kappa shape index (κ3) is 1.98. The molecule has 3 rings (SSSR count). The molecule has 100 valence electrons. The quantitative estimate of drug-likeness (QED) is 0.763. The molecule has 0 unspecified atom stereocenters. The number of benzene rings is 1. The van der Waals surface area contributed by atoms with Gasteiger partial charge in [-0.15, -0.1) is 11.3 Å². The maximum absolute atomic E-state index is 11.5. The molecule has 3 aromatic rings. The molecule has 0 amide bonds. The minimum Gasteiger partial charge on any atom is -0.478 e. The summed E-state index contributed by atoms with van der Waals surface area (Å²) in [4.78, 5) is 17.2. The second-order valence-electron chi connectivity index (χ2n) is 4.76. The second kappa shape index (κ2) is 4.72. The van der Waals surface area contributed by atoms with Crippen molar-refractivity contribution < 1.29 is 9.90 Å². The number of rotatable bonds is 2. The van der Waals surface area contributed by atoms with E-state index in [1.165, 1.54) is 0 Å². The van der Waals surface area contributed by atoms with Crippen LogP contribution in [0.1, 0.15) is 21.5 Å². The van der Waals surface area contributed by atoms with Gasteiger partial charge in [0.2, 0.25) is 0 Å². The van der Waals surface area contributed by atoms with E-state index in [2.05, 4.69) is 4.98 Å². The van der Waals surface area contributed by atoms with E-state index in [1.54, 1.807) is 17.4 Å². The first-order valence-electron chi connectivity index (χ1n) is 6.26. The lowest BCUT2D eigenvalue weighted by Gasteiger charge is -2.08. The third-order valence-electron chi connectivity index (χ3n) is 3.37. The average Bonchev–Trinajstić information content (AvgIpc) is 2.84. The van der Waals surface area contributed by atoms with Crippen LogP contribution in [-0.4, -0.2) is 16.1 Å². The number of para-hydroxylation sites is 1. The summed E-state index contributed by atoms with van der Waals surface area (Å²) >= 11 is 1.58. The molecule has 3 nitrogen and oxygen atoms in total. The van der Waals surface area contributed by atoms with Gasteiger partial charge in [0, 0.05) is 5.39 Å².